The minimum absolute atomic E-state index is 0.339. The molecule has 2 rings (SSSR count). The van der Waals surface area contributed by atoms with Crippen LogP contribution in [0, 0.1) is 5.41 Å². The van der Waals surface area contributed by atoms with Crippen LogP contribution in [0.25, 0.3) is 0 Å². The molecule has 1 aromatic carbocycles. The van der Waals surface area contributed by atoms with Crippen LogP contribution in [0.15, 0.2) is 36.4 Å². The first-order valence-electron chi connectivity index (χ1n) is 6.03. The third-order valence-electron chi connectivity index (χ3n) is 3.49. The van der Waals surface area contributed by atoms with Crippen molar-refractivity contribution in [1.29, 1.82) is 0 Å². The average Bonchev–Trinajstić information content (AvgIpc) is 2.41. The Morgan fingerprint density at radius 3 is 2.56 bits per heavy atom. The second-order valence-electron chi connectivity index (χ2n) is 5.45. The molecule has 0 fully saturated rings. The minimum Gasteiger partial charge on any atom is -0.508 e. The first-order valence-corrected chi connectivity index (χ1v) is 6.03. The van der Waals surface area contributed by atoms with E-state index in [0.717, 1.165) is 6.42 Å². The molecule has 0 aliphatic heterocycles. The summed E-state index contributed by atoms with van der Waals surface area (Å²) in [4.78, 5) is 0. The van der Waals surface area contributed by atoms with Crippen LogP contribution in [0.4, 0.5) is 0 Å². The van der Waals surface area contributed by atoms with E-state index in [0.29, 0.717) is 17.1 Å². The lowest BCUT2D eigenvalue weighted by Crippen LogP contribution is -2.07. The van der Waals surface area contributed by atoms with Crippen LogP contribution in [-0.2, 0) is 0 Å². The molecule has 0 saturated carbocycles. The van der Waals surface area contributed by atoms with E-state index < -0.39 is 0 Å². The van der Waals surface area contributed by atoms with Crippen LogP contribution in [0.3, 0.4) is 0 Å². The number of hydrogen-bond acceptors (Lipinski definition) is 1. The van der Waals surface area contributed by atoms with Crippen molar-refractivity contribution >= 4 is 0 Å². The Balaban J connectivity index is 2.12. The number of phenols is 1. The summed E-state index contributed by atoms with van der Waals surface area (Å²) in [6.07, 6.45) is 8.23. The van der Waals surface area contributed by atoms with Gasteiger partial charge in [-0.25, -0.2) is 0 Å². The number of allylic oxidation sites excluding steroid dienone is 2. The summed E-state index contributed by atoms with van der Waals surface area (Å²) in [5, 5.41) is 9.28. The van der Waals surface area contributed by atoms with Gasteiger partial charge in [0.25, 0.3) is 0 Å². The highest BCUT2D eigenvalue weighted by Crippen LogP contribution is 2.36. The fourth-order valence-electron chi connectivity index (χ4n) is 2.35. The Bertz CT molecular complexity index is 373. The van der Waals surface area contributed by atoms with Crippen molar-refractivity contribution in [1.82, 2.24) is 0 Å². The van der Waals surface area contributed by atoms with Gasteiger partial charge < -0.3 is 5.11 Å². The Labute approximate surface area is 97.8 Å². The molecule has 1 aromatic rings. The molecule has 0 amide bonds. The standard InChI is InChI=1S/C15H20O/c1-15(2)10-3-4-12(9-11-15)13-5-7-14(16)8-6-13/h3,5-8,10,12,16H,4,9,11H2,1-2H3. The van der Waals surface area contributed by atoms with Gasteiger partial charge in [-0.15, -0.1) is 0 Å². The first kappa shape index (κ1) is 11.3. The van der Waals surface area contributed by atoms with E-state index in [1.54, 1.807) is 12.1 Å². The van der Waals surface area contributed by atoms with E-state index in [1.165, 1.54) is 18.4 Å². The highest BCUT2D eigenvalue weighted by Gasteiger charge is 2.21. The van der Waals surface area contributed by atoms with Crippen LogP contribution in [-0.4, -0.2) is 5.11 Å². The van der Waals surface area contributed by atoms with Gasteiger partial charge in [0.1, 0.15) is 5.75 Å². The molecular formula is C15H20O. The smallest absolute Gasteiger partial charge is 0.115 e. The van der Waals surface area contributed by atoms with E-state index in [1.807, 2.05) is 12.1 Å². The maximum absolute atomic E-state index is 9.28. The predicted molar refractivity (Wildman–Crippen MR) is 67.6 cm³/mol. The molecule has 0 radical (unpaired) electrons. The number of phenolic OH excluding ortho intramolecular Hbond substituents is 1. The molecule has 1 aliphatic rings. The normalized spacial score (nSPS) is 24.0. The third kappa shape index (κ3) is 2.66. The summed E-state index contributed by atoms with van der Waals surface area (Å²) < 4.78 is 0. The first-order chi connectivity index (χ1) is 7.57. The molecule has 0 aromatic heterocycles. The van der Waals surface area contributed by atoms with Crippen molar-refractivity contribution in [2.24, 2.45) is 5.41 Å². The molecule has 1 atom stereocenters. The summed E-state index contributed by atoms with van der Waals surface area (Å²) >= 11 is 0. The fourth-order valence-corrected chi connectivity index (χ4v) is 2.35. The molecule has 1 N–H and O–H groups in total. The quantitative estimate of drug-likeness (QED) is 0.696. The van der Waals surface area contributed by atoms with Gasteiger partial charge in [0.15, 0.2) is 0 Å². The zero-order valence-electron chi connectivity index (χ0n) is 10.1. The zero-order chi connectivity index (χ0) is 11.6. The van der Waals surface area contributed by atoms with Gasteiger partial charge in [-0.05, 0) is 48.3 Å². The van der Waals surface area contributed by atoms with Crippen LogP contribution in [0.5, 0.6) is 5.75 Å². The fraction of sp³-hybridized carbons (Fsp3) is 0.467. The van der Waals surface area contributed by atoms with Crippen LogP contribution >= 0.6 is 0 Å². The van der Waals surface area contributed by atoms with Gasteiger partial charge in [0.05, 0.1) is 0 Å². The highest BCUT2D eigenvalue weighted by atomic mass is 16.3. The van der Waals surface area contributed by atoms with Crippen LogP contribution in [0.1, 0.15) is 44.6 Å². The summed E-state index contributed by atoms with van der Waals surface area (Å²) in [5.41, 5.74) is 1.69. The lowest BCUT2D eigenvalue weighted by atomic mass is 9.85. The summed E-state index contributed by atoms with van der Waals surface area (Å²) in [6.45, 7) is 4.59. The molecule has 1 nitrogen and oxygen atoms in total. The van der Waals surface area contributed by atoms with Crippen molar-refractivity contribution in [3.63, 3.8) is 0 Å². The van der Waals surface area contributed by atoms with E-state index >= 15 is 0 Å². The van der Waals surface area contributed by atoms with Crippen molar-refractivity contribution in [2.45, 2.75) is 39.0 Å². The average molecular weight is 216 g/mol. The van der Waals surface area contributed by atoms with Gasteiger partial charge in [0, 0.05) is 0 Å². The second kappa shape index (κ2) is 4.32. The van der Waals surface area contributed by atoms with E-state index in [9.17, 15) is 5.11 Å². The van der Waals surface area contributed by atoms with Crippen molar-refractivity contribution in [2.75, 3.05) is 0 Å². The molecular weight excluding hydrogens is 196 g/mol. The lowest BCUT2D eigenvalue weighted by molar-refractivity contribution is 0.411. The SMILES string of the molecule is CC1(C)C=CCC(c2ccc(O)cc2)CC1. The number of aromatic hydroxyl groups is 1. The van der Waals surface area contributed by atoms with Gasteiger partial charge in [-0.1, -0.05) is 38.1 Å². The van der Waals surface area contributed by atoms with Crippen LogP contribution < -0.4 is 0 Å². The van der Waals surface area contributed by atoms with E-state index in [-0.39, 0.29) is 0 Å². The number of hydrogen-bond donors (Lipinski definition) is 1. The molecule has 1 unspecified atom stereocenters. The second-order valence-corrected chi connectivity index (χ2v) is 5.45. The van der Waals surface area contributed by atoms with Crippen molar-refractivity contribution < 1.29 is 5.11 Å². The van der Waals surface area contributed by atoms with E-state index in [2.05, 4.69) is 26.0 Å². The molecule has 16 heavy (non-hydrogen) atoms. The Morgan fingerprint density at radius 2 is 1.88 bits per heavy atom. The van der Waals surface area contributed by atoms with Gasteiger partial charge >= 0.3 is 0 Å². The molecule has 1 heteroatoms. The highest BCUT2D eigenvalue weighted by molar-refractivity contribution is 5.29. The van der Waals surface area contributed by atoms with Crippen molar-refractivity contribution in [3.05, 3.63) is 42.0 Å². The molecule has 0 spiro atoms. The molecule has 0 bridgehead atoms. The predicted octanol–water partition coefficient (Wildman–Crippen LogP) is 4.24. The summed E-state index contributed by atoms with van der Waals surface area (Å²) in [5.74, 6) is 0.965. The third-order valence-corrected chi connectivity index (χ3v) is 3.49. The lowest BCUT2D eigenvalue weighted by Gasteiger charge is -2.20. The molecule has 0 saturated heterocycles. The maximum atomic E-state index is 9.28. The van der Waals surface area contributed by atoms with Crippen molar-refractivity contribution in [3.8, 4) is 5.75 Å². The Morgan fingerprint density at radius 1 is 1.19 bits per heavy atom. The van der Waals surface area contributed by atoms with Gasteiger partial charge in [-0.3, -0.25) is 0 Å². The maximum Gasteiger partial charge on any atom is 0.115 e. The minimum atomic E-state index is 0.339. The zero-order valence-corrected chi connectivity index (χ0v) is 10.1. The topological polar surface area (TPSA) is 20.2 Å². The van der Waals surface area contributed by atoms with Crippen LogP contribution in [0.2, 0.25) is 0 Å². The number of rotatable bonds is 1. The van der Waals surface area contributed by atoms with Gasteiger partial charge in [0.2, 0.25) is 0 Å². The molecule has 1 aliphatic carbocycles. The monoisotopic (exact) mass is 216 g/mol. The van der Waals surface area contributed by atoms with E-state index in [4.69, 9.17) is 0 Å². The molecule has 0 heterocycles. The summed E-state index contributed by atoms with van der Waals surface area (Å²) in [6, 6.07) is 7.67. The summed E-state index contributed by atoms with van der Waals surface area (Å²) in [7, 11) is 0. The largest absolute Gasteiger partial charge is 0.508 e. The number of benzene rings is 1. The Kier molecular flexibility index (Phi) is 3.04. The molecule has 86 valence electrons. The van der Waals surface area contributed by atoms with Gasteiger partial charge in [-0.2, -0.15) is 0 Å². The Hall–Kier alpha value is -1.24.